The summed E-state index contributed by atoms with van der Waals surface area (Å²) in [5, 5.41) is 8.94. The largest absolute Gasteiger partial charge is 0.391 e. The van der Waals surface area contributed by atoms with Crippen LogP contribution in [-0.4, -0.2) is 44.7 Å². The summed E-state index contributed by atoms with van der Waals surface area (Å²) < 4.78 is 61.9. The lowest BCUT2D eigenvalue weighted by Gasteiger charge is -2.47. The molecule has 1 aromatic rings. The number of hydrogen-bond donors (Lipinski definition) is 2. The molecule has 0 bridgehead atoms. The quantitative estimate of drug-likeness (QED) is 0.768. The maximum Gasteiger partial charge on any atom is 0.391 e. The Morgan fingerprint density at radius 1 is 1.10 bits per heavy atom. The minimum Gasteiger partial charge on any atom is -0.307 e. The molecule has 0 aromatic heterocycles. The Morgan fingerprint density at radius 3 is 2.41 bits per heavy atom. The second kappa shape index (κ2) is 7.83. The van der Waals surface area contributed by atoms with Gasteiger partial charge in [0.2, 0.25) is 10.0 Å². The van der Waals surface area contributed by atoms with E-state index in [9.17, 15) is 21.6 Å². The van der Waals surface area contributed by atoms with Crippen molar-refractivity contribution in [2.24, 2.45) is 11.1 Å². The number of likely N-dealkylation sites (tertiary alicyclic amines) is 1. The Balaban J connectivity index is 1.33. The SMILES string of the molecule is NS(=O)(=O)c1ccc2c(c1)C(NC1CC(N3CCC(C(F)(F)F)CC3)C1)CCC2. The molecule has 3 aliphatic rings. The van der Waals surface area contributed by atoms with Crippen LogP contribution in [-0.2, 0) is 16.4 Å². The van der Waals surface area contributed by atoms with Gasteiger partial charge in [0, 0.05) is 18.1 Å². The van der Waals surface area contributed by atoms with Gasteiger partial charge >= 0.3 is 6.18 Å². The molecular weight excluding hydrogens is 403 g/mol. The Labute approximate surface area is 169 Å². The third-order valence-corrected chi connectivity index (χ3v) is 7.73. The summed E-state index contributed by atoms with van der Waals surface area (Å²) in [6.07, 6.45) is 1.10. The fraction of sp³-hybridized carbons (Fsp3) is 0.700. The van der Waals surface area contributed by atoms with Gasteiger partial charge in [-0.2, -0.15) is 13.2 Å². The van der Waals surface area contributed by atoms with Crippen LogP contribution in [0.25, 0.3) is 0 Å². The van der Waals surface area contributed by atoms with Crippen LogP contribution in [0.1, 0.15) is 55.7 Å². The Morgan fingerprint density at radius 2 is 1.79 bits per heavy atom. The molecule has 1 saturated heterocycles. The highest BCUT2D eigenvalue weighted by Gasteiger charge is 2.43. The lowest BCUT2D eigenvalue weighted by molar-refractivity contribution is -0.187. The molecule has 2 fully saturated rings. The maximum absolute atomic E-state index is 12.8. The maximum atomic E-state index is 12.8. The number of primary sulfonamides is 1. The van der Waals surface area contributed by atoms with Crippen LogP contribution in [0.3, 0.4) is 0 Å². The van der Waals surface area contributed by atoms with E-state index >= 15 is 0 Å². The van der Waals surface area contributed by atoms with Crippen LogP contribution in [0, 0.1) is 5.92 Å². The summed E-state index contributed by atoms with van der Waals surface area (Å²) >= 11 is 0. The van der Waals surface area contributed by atoms with Crippen molar-refractivity contribution in [3.8, 4) is 0 Å². The number of nitrogens with one attached hydrogen (secondary N) is 1. The minimum atomic E-state index is -4.07. The van der Waals surface area contributed by atoms with Gasteiger partial charge in [0.05, 0.1) is 10.8 Å². The summed E-state index contributed by atoms with van der Waals surface area (Å²) in [5.41, 5.74) is 2.17. The molecule has 3 N–H and O–H groups in total. The summed E-state index contributed by atoms with van der Waals surface area (Å²) in [6, 6.07) is 5.88. The molecule has 0 spiro atoms. The molecule has 2 aliphatic carbocycles. The van der Waals surface area contributed by atoms with Gasteiger partial charge in [0.1, 0.15) is 0 Å². The molecule has 1 unspecified atom stereocenters. The van der Waals surface area contributed by atoms with Crippen molar-refractivity contribution in [3.05, 3.63) is 29.3 Å². The van der Waals surface area contributed by atoms with Crippen molar-refractivity contribution in [2.45, 2.75) is 74.1 Å². The Hall–Kier alpha value is -1.16. The van der Waals surface area contributed by atoms with E-state index in [1.165, 1.54) is 0 Å². The first-order valence-corrected chi connectivity index (χ1v) is 11.9. The highest BCUT2D eigenvalue weighted by Crippen LogP contribution is 2.38. The topological polar surface area (TPSA) is 75.4 Å². The van der Waals surface area contributed by atoms with Crippen LogP contribution in [0.15, 0.2) is 23.1 Å². The number of benzene rings is 1. The van der Waals surface area contributed by atoms with Gasteiger partial charge in [0.15, 0.2) is 0 Å². The molecule has 1 aliphatic heterocycles. The van der Waals surface area contributed by atoms with Crippen LogP contribution >= 0.6 is 0 Å². The van der Waals surface area contributed by atoms with Crippen molar-refractivity contribution in [2.75, 3.05) is 13.1 Å². The van der Waals surface area contributed by atoms with Crippen molar-refractivity contribution in [1.82, 2.24) is 10.2 Å². The summed E-state index contributed by atoms with van der Waals surface area (Å²) in [4.78, 5) is 2.35. The number of aryl methyl sites for hydroxylation is 1. The zero-order chi connectivity index (χ0) is 20.8. The average Bonchev–Trinajstić information content (AvgIpc) is 2.62. The highest BCUT2D eigenvalue weighted by molar-refractivity contribution is 7.89. The lowest BCUT2D eigenvalue weighted by atomic mass is 9.81. The second-order valence-electron chi connectivity index (χ2n) is 8.69. The molecule has 29 heavy (non-hydrogen) atoms. The summed E-state index contributed by atoms with van der Waals surface area (Å²) in [7, 11) is -3.73. The zero-order valence-electron chi connectivity index (χ0n) is 16.3. The first-order chi connectivity index (χ1) is 13.6. The number of nitrogens with zero attached hydrogens (tertiary/aromatic N) is 1. The van der Waals surface area contributed by atoms with E-state index in [0.29, 0.717) is 25.2 Å². The predicted molar refractivity (Wildman–Crippen MR) is 104 cm³/mol. The standard InChI is InChI=1S/C20H28F3N3O2S/c21-20(22,23)14-6-8-26(9-7-14)16-10-15(11-16)25-19-3-1-2-13-4-5-17(12-18(13)19)29(24,27)28/h4-5,12,14-16,19,25H,1-3,6-11H2,(H2,24,27,28). The first kappa shape index (κ1) is 21.1. The van der Waals surface area contributed by atoms with Crippen molar-refractivity contribution < 1.29 is 21.6 Å². The number of sulfonamides is 1. The van der Waals surface area contributed by atoms with Gasteiger partial charge < -0.3 is 10.2 Å². The van der Waals surface area contributed by atoms with Crippen molar-refractivity contribution >= 4 is 10.0 Å². The third kappa shape index (κ3) is 4.62. The molecule has 1 atom stereocenters. The molecule has 0 amide bonds. The average molecular weight is 432 g/mol. The van der Waals surface area contributed by atoms with Gasteiger partial charge in [-0.1, -0.05) is 6.07 Å². The summed E-state index contributed by atoms with van der Waals surface area (Å²) in [6.45, 7) is 1.04. The van der Waals surface area contributed by atoms with E-state index < -0.39 is 22.1 Å². The zero-order valence-corrected chi connectivity index (χ0v) is 17.1. The summed E-state index contributed by atoms with van der Waals surface area (Å²) in [5.74, 6) is -1.15. The van der Waals surface area contributed by atoms with Crippen molar-refractivity contribution in [3.63, 3.8) is 0 Å². The van der Waals surface area contributed by atoms with E-state index in [2.05, 4.69) is 10.2 Å². The van der Waals surface area contributed by atoms with Gasteiger partial charge in [-0.15, -0.1) is 0 Å². The molecule has 1 heterocycles. The predicted octanol–water partition coefficient (Wildman–Crippen LogP) is 3.11. The third-order valence-electron chi connectivity index (χ3n) is 6.82. The normalized spacial score (nSPS) is 29.3. The fourth-order valence-electron chi connectivity index (χ4n) is 5.03. The van der Waals surface area contributed by atoms with Crippen LogP contribution in [0.5, 0.6) is 0 Å². The van der Waals surface area contributed by atoms with Gasteiger partial charge in [-0.05, 0) is 81.3 Å². The number of rotatable bonds is 4. The van der Waals surface area contributed by atoms with E-state index in [1.54, 1.807) is 12.1 Å². The number of fused-ring (bicyclic) bond motifs is 1. The molecular formula is C20H28F3N3O2S. The van der Waals surface area contributed by atoms with E-state index in [0.717, 1.165) is 43.2 Å². The van der Waals surface area contributed by atoms with Crippen molar-refractivity contribution in [1.29, 1.82) is 0 Å². The van der Waals surface area contributed by atoms with Crippen LogP contribution < -0.4 is 10.5 Å². The fourth-order valence-corrected chi connectivity index (χ4v) is 5.57. The molecule has 1 aromatic carbocycles. The van der Waals surface area contributed by atoms with Crippen LogP contribution in [0.4, 0.5) is 13.2 Å². The lowest BCUT2D eigenvalue weighted by Crippen LogP contribution is -2.55. The molecule has 0 radical (unpaired) electrons. The van der Waals surface area contributed by atoms with Gasteiger partial charge in [0.25, 0.3) is 0 Å². The molecule has 9 heteroatoms. The van der Waals surface area contributed by atoms with Gasteiger partial charge in [-0.3, -0.25) is 0 Å². The van der Waals surface area contributed by atoms with E-state index in [1.807, 2.05) is 6.07 Å². The highest BCUT2D eigenvalue weighted by atomic mass is 32.2. The molecule has 4 rings (SSSR count). The van der Waals surface area contributed by atoms with E-state index in [4.69, 9.17) is 5.14 Å². The minimum absolute atomic E-state index is 0.0994. The molecule has 1 saturated carbocycles. The first-order valence-electron chi connectivity index (χ1n) is 10.3. The Bertz CT molecular complexity index is 845. The van der Waals surface area contributed by atoms with Crippen LogP contribution in [0.2, 0.25) is 0 Å². The number of hydrogen-bond acceptors (Lipinski definition) is 4. The Kier molecular flexibility index (Phi) is 5.69. The van der Waals surface area contributed by atoms with Gasteiger partial charge in [-0.25, -0.2) is 13.6 Å². The number of halogens is 3. The number of alkyl halides is 3. The monoisotopic (exact) mass is 431 g/mol. The molecule has 5 nitrogen and oxygen atoms in total. The smallest absolute Gasteiger partial charge is 0.307 e. The number of nitrogens with two attached hydrogens (primary N) is 1. The number of piperidine rings is 1. The second-order valence-corrected chi connectivity index (χ2v) is 10.3. The van der Waals surface area contributed by atoms with E-state index in [-0.39, 0.29) is 23.8 Å². The molecule has 162 valence electrons.